The third kappa shape index (κ3) is 2.28. The predicted molar refractivity (Wildman–Crippen MR) is 65.4 cm³/mol. The monoisotopic (exact) mass is 257 g/mol. The van der Waals surface area contributed by atoms with E-state index in [-0.39, 0.29) is 11.6 Å². The van der Waals surface area contributed by atoms with Gasteiger partial charge in [-0.25, -0.2) is 0 Å². The number of hydrogen-bond acceptors (Lipinski definition) is 5. The first-order valence-electron chi connectivity index (χ1n) is 5.77. The molecule has 0 atom stereocenters. The Hall–Kier alpha value is -2.77. The molecule has 0 unspecified atom stereocenters. The van der Waals surface area contributed by atoms with Gasteiger partial charge in [-0.1, -0.05) is 6.07 Å². The quantitative estimate of drug-likeness (QED) is 0.675. The minimum atomic E-state index is -0.262. The number of nitrogens with zero attached hydrogens (tertiary/aromatic N) is 5. The van der Waals surface area contributed by atoms with E-state index in [1.165, 1.54) is 6.20 Å². The van der Waals surface area contributed by atoms with Crippen LogP contribution in [0.3, 0.4) is 0 Å². The van der Waals surface area contributed by atoms with Crippen molar-refractivity contribution < 1.29 is 4.79 Å². The average Bonchev–Trinajstić information content (AvgIpc) is 3.08. The molecule has 0 aromatic carbocycles. The van der Waals surface area contributed by atoms with Gasteiger partial charge in [0.25, 0.3) is 5.91 Å². The van der Waals surface area contributed by atoms with Crippen LogP contribution in [0.1, 0.15) is 16.3 Å². The van der Waals surface area contributed by atoms with Crippen LogP contribution in [0.5, 0.6) is 0 Å². The average molecular weight is 257 g/mol. The second-order valence-corrected chi connectivity index (χ2v) is 3.91. The maximum Gasteiger partial charge on any atom is 0.273 e. The van der Waals surface area contributed by atoms with Crippen LogP contribution >= 0.6 is 0 Å². The lowest BCUT2D eigenvalue weighted by atomic mass is 10.3. The molecule has 0 spiro atoms. The van der Waals surface area contributed by atoms with E-state index in [0.29, 0.717) is 13.0 Å². The number of carbonyl (C=O) groups is 1. The summed E-state index contributed by atoms with van der Waals surface area (Å²) in [4.78, 5) is 11.6. The van der Waals surface area contributed by atoms with Crippen molar-refractivity contribution in [3.05, 3.63) is 42.1 Å². The fourth-order valence-corrected chi connectivity index (χ4v) is 1.75. The second-order valence-electron chi connectivity index (χ2n) is 3.91. The normalized spacial score (nSPS) is 10.7. The number of pyridine rings is 1. The van der Waals surface area contributed by atoms with Gasteiger partial charge >= 0.3 is 0 Å². The van der Waals surface area contributed by atoms with Gasteiger partial charge in [-0.15, -0.1) is 10.2 Å². The van der Waals surface area contributed by atoms with Gasteiger partial charge in [0.2, 0.25) is 0 Å². The summed E-state index contributed by atoms with van der Waals surface area (Å²) in [6.07, 6.45) is 3.86. The number of fused-ring (bicyclic) bond motifs is 1. The molecule has 3 heterocycles. The van der Waals surface area contributed by atoms with Crippen LogP contribution in [0, 0.1) is 0 Å². The molecule has 0 saturated carbocycles. The van der Waals surface area contributed by atoms with E-state index in [2.05, 4.69) is 30.9 Å². The number of amides is 1. The van der Waals surface area contributed by atoms with Crippen LogP contribution in [-0.2, 0) is 6.42 Å². The molecule has 0 fully saturated rings. The van der Waals surface area contributed by atoms with Crippen LogP contribution in [-0.4, -0.2) is 42.5 Å². The number of carbonyl (C=O) groups excluding carboxylic acids is 1. The Kier molecular flexibility index (Phi) is 2.89. The molecule has 0 radical (unpaired) electrons. The Bertz CT molecular complexity index is 688. The minimum absolute atomic E-state index is 0.262. The lowest BCUT2D eigenvalue weighted by Gasteiger charge is -2.01. The largest absolute Gasteiger partial charge is 0.350 e. The van der Waals surface area contributed by atoms with Gasteiger partial charge in [0.05, 0.1) is 6.20 Å². The van der Waals surface area contributed by atoms with E-state index in [4.69, 9.17) is 0 Å². The van der Waals surface area contributed by atoms with Crippen LogP contribution < -0.4 is 5.32 Å². The Morgan fingerprint density at radius 2 is 2.32 bits per heavy atom. The first kappa shape index (κ1) is 11.3. The third-order valence-electron chi connectivity index (χ3n) is 2.67. The van der Waals surface area contributed by atoms with Gasteiger partial charge in [0.15, 0.2) is 11.3 Å². The Labute approximate surface area is 107 Å². The Morgan fingerprint density at radius 1 is 1.37 bits per heavy atom. The van der Waals surface area contributed by atoms with Crippen molar-refractivity contribution >= 4 is 11.6 Å². The van der Waals surface area contributed by atoms with Gasteiger partial charge < -0.3 is 5.32 Å². The predicted octanol–water partition coefficient (Wildman–Crippen LogP) is -0.180. The zero-order valence-corrected chi connectivity index (χ0v) is 9.95. The van der Waals surface area contributed by atoms with Crippen molar-refractivity contribution in [2.75, 3.05) is 6.54 Å². The van der Waals surface area contributed by atoms with Gasteiger partial charge in [0, 0.05) is 19.2 Å². The minimum Gasteiger partial charge on any atom is -0.350 e. The van der Waals surface area contributed by atoms with Crippen LogP contribution in [0.25, 0.3) is 5.65 Å². The lowest BCUT2D eigenvalue weighted by molar-refractivity contribution is 0.0949. The SMILES string of the molecule is O=C(NCCc1nnc2ccccn12)c1cn[nH]n1. The third-order valence-corrected chi connectivity index (χ3v) is 2.67. The van der Waals surface area contributed by atoms with E-state index in [1.54, 1.807) is 0 Å². The molecule has 0 aliphatic carbocycles. The van der Waals surface area contributed by atoms with Gasteiger partial charge in [-0.2, -0.15) is 15.4 Å². The molecule has 3 aromatic heterocycles. The molecule has 0 bridgehead atoms. The van der Waals surface area contributed by atoms with Crippen molar-refractivity contribution in [2.45, 2.75) is 6.42 Å². The Morgan fingerprint density at radius 3 is 3.16 bits per heavy atom. The van der Waals surface area contributed by atoms with E-state index in [0.717, 1.165) is 11.5 Å². The van der Waals surface area contributed by atoms with E-state index in [1.807, 2.05) is 28.8 Å². The van der Waals surface area contributed by atoms with Crippen LogP contribution in [0.2, 0.25) is 0 Å². The molecule has 3 rings (SSSR count). The second kappa shape index (κ2) is 4.84. The van der Waals surface area contributed by atoms with Crippen molar-refractivity contribution in [3.63, 3.8) is 0 Å². The summed E-state index contributed by atoms with van der Waals surface area (Å²) < 4.78 is 1.89. The van der Waals surface area contributed by atoms with E-state index < -0.39 is 0 Å². The number of aromatic amines is 1. The topological polar surface area (TPSA) is 101 Å². The van der Waals surface area contributed by atoms with E-state index >= 15 is 0 Å². The lowest BCUT2D eigenvalue weighted by Crippen LogP contribution is -2.26. The Balaban J connectivity index is 1.62. The molecule has 0 aliphatic heterocycles. The summed E-state index contributed by atoms with van der Waals surface area (Å²) >= 11 is 0. The fraction of sp³-hybridized carbons (Fsp3) is 0.182. The number of nitrogens with one attached hydrogen (secondary N) is 2. The van der Waals surface area contributed by atoms with Gasteiger partial charge in [-0.05, 0) is 12.1 Å². The van der Waals surface area contributed by atoms with Crippen molar-refractivity contribution in [2.24, 2.45) is 0 Å². The number of H-pyrrole nitrogens is 1. The first-order chi connectivity index (χ1) is 9.34. The summed E-state index contributed by atoms with van der Waals surface area (Å²) in [6, 6.07) is 5.69. The molecule has 3 aromatic rings. The number of rotatable bonds is 4. The first-order valence-corrected chi connectivity index (χ1v) is 5.77. The fourth-order valence-electron chi connectivity index (χ4n) is 1.75. The van der Waals surface area contributed by atoms with Crippen molar-refractivity contribution in [1.82, 2.24) is 35.3 Å². The highest BCUT2D eigenvalue weighted by Gasteiger charge is 2.09. The summed E-state index contributed by atoms with van der Waals surface area (Å²) in [7, 11) is 0. The standard InChI is InChI=1S/C11H11N7O/c19-11(8-7-13-17-14-8)12-5-4-10-16-15-9-3-1-2-6-18(9)10/h1-3,6-7H,4-5H2,(H,12,19)(H,13,14,17). The molecule has 19 heavy (non-hydrogen) atoms. The van der Waals surface area contributed by atoms with Crippen molar-refractivity contribution in [1.29, 1.82) is 0 Å². The summed E-state index contributed by atoms with van der Waals surface area (Å²) in [6.45, 7) is 0.460. The zero-order valence-electron chi connectivity index (χ0n) is 9.95. The maximum atomic E-state index is 11.6. The molecular formula is C11H11N7O. The number of hydrogen-bond donors (Lipinski definition) is 2. The number of aromatic nitrogens is 6. The highest BCUT2D eigenvalue weighted by atomic mass is 16.1. The molecule has 2 N–H and O–H groups in total. The molecule has 0 aliphatic rings. The van der Waals surface area contributed by atoms with Crippen LogP contribution in [0.15, 0.2) is 30.6 Å². The maximum absolute atomic E-state index is 11.6. The summed E-state index contributed by atoms with van der Waals surface area (Å²) in [5.74, 6) is 0.540. The molecule has 8 nitrogen and oxygen atoms in total. The zero-order chi connectivity index (χ0) is 13.1. The van der Waals surface area contributed by atoms with E-state index in [9.17, 15) is 4.79 Å². The van der Waals surface area contributed by atoms with Crippen molar-refractivity contribution in [3.8, 4) is 0 Å². The molecule has 1 amide bonds. The van der Waals surface area contributed by atoms with Gasteiger partial charge in [0.1, 0.15) is 5.82 Å². The van der Waals surface area contributed by atoms with Crippen LogP contribution in [0.4, 0.5) is 0 Å². The molecular weight excluding hydrogens is 246 g/mol. The molecule has 8 heteroatoms. The highest BCUT2D eigenvalue weighted by Crippen LogP contribution is 2.02. The highest BCUT2D eigenvalue weighted by molar-refractivity contribution is 5.91. The smallest absolute Gasteiger partial charge is 0.273 e. The summed E-state index contributed by atoms with van der Waals surface area (Å²) in [5, 5.41) is 20.5. The van der Waals surface area contributed by atoms with Gasteiger partial charge in [-0.3, -0.25) is 9.20 Å². The molecule has 96 valence electrons. The molecule has 0 saturated heterocycles. The summed E-state index contributed by atoms with van der Waals surface area (Å²) in [5.41, 5.74) is 1.06.